The van der Waals surface area contributed by atoms with Gasteiger partial charge in [0.15, 0.2) is 5.76 Å². The van der Waals surface area contributed by atoms with E-state index in [4.69, 9.17) is 4.42 Å². The normalized spacial score (nSPS) is 10.9. The van der Waals surface area contributed by atoms with Crippen LogP contribution in [-0.4, -0.2) is 5.91 Å². The maximum atomic E-state index is 13.3. The molecule has 0 aliphatic rings. The molecule has 0 radical (unpaired) electrons. The summed E-state index contributed by atoms with van der Waals surface area (Å²) in [4.78, 5) is 12.3. The van der Waals surface area contributed by atoms with Gasteiger partial charge in [0.05, 0.1) is 0 Å². The van der Waals surface area contributed by atoms with Crippen LogP contribution in [0.1, 0.15) is 21.7 Å². The monoisotopic (exact) mass is 301 g/mol. The quantitative estimate of drug-likeness (QED) is 0.752. The van der Waals surface area contributed by atoms with Crippen LogP contribution in [0.5, 0.6) is 0 Å². The van der Waals surface area contributed by atoms with Crippen molar-refractivity contribution in [1.29, 1.82) is 0 Å². The van der Waals surface area contributed by atoms with E-state index in [0.717, 1.165) is 5.56 Å². The highest BCUT2D eigenvalue weighted by atomic mass is 19.1. The zero-order chi connectivity index (χ0) is 15.9. The molecule has 22 heavy (non-hydrogen) atoms. The Morgan fingerprint density at radius 1 is 1.05 bits per heavy atom. The summed E-state index contributed by atoms with van der Waals surface area (Å²) in [6.07, 6.45) is 0. The van der Waals surface area contributed by atoms with Crippen molar-refractivity contribution in [1.82, 2.24) is 0 Å². The Labute approximate surface area is 125 Å². The molecule has 1 aromatic heterocycles. The first-order valence-electron chi connectivity index (χ1n) is 6.72. The fourth-order valence-electron chi connectivity index (χ4n) is 2.32. The lowest BCUT2D eigenvalue weighted by Crippen LogP contribution is -2.13. The molecule has 3 nitrogen and oxygen atoms in total. The van der Waals surface area contributed by atoms with Gasteiger partial charge in [0, 0.05) is 16.6 Å². The third-order valence-corrected chi connectivity index (χ3v) is 3.55. The average Bonchev–Trinajstić information content (AvgIpc) is 2.80. The molecule has 2 aromatic carbocycles. The molecule has 0 aliphatic carbocycles. The molecule has 1 N–H and O–H groups in total. The third-order valence-electron chi connectivity index (χ3n) is 3.55. The Balaban J connectivity index is 1.99. The largest absolute Gasteiger partial charge is 0.451 e. The second-order valence-electron chi connectivity index (χ2n) is 5.11. The predicted octanol–water partition coefficient (Wildman–Crippen LogP) is 4.58. The van der Waals surface area contributed by atoms with Crippen LogP contribution in [0.4, 0.5) is 14.5 Å². The lowest BCUT2D eigenvalue weighted by molar-refractivity contribution is 0.0998. The van der Waals surface area contributed by atoms with Crippen LogP contribution in [-0.2, 0) is 0 Å². The van der Waals surface area contributed by atoms with E-state index in [2.05, 4.69) is 5.32 Å². The zero-order valence-corrected chi connectivity index (χ0v) is 12.0. The molecule has 0 saturated heterocycles. The minimum absolute atomic E-state index is 0.0873. The summed E-state index contributed by atoms with van der Waals surface area (Å²) in [5.74, 6) is -1.25. The van der Waals surface area contributed by atoms with Gasteiger partial charge in [-0.05, 0) is 49.7 Å². The molecule has 112 valence electrons. The number of amides is 1. The van der Waals surface area contributed by atoms with E-state index in [1.165, 1.54) is 30.3 Å². The van der Waals surface area contributed by atoms with Gasteiger partial charge in [0.25, 0.3) is 5.91 Å². The number of rotatable bonds is 2. The Bertz CT molecular complexity index is 884. The number of hydrogen-bond donors (Lipinski definition) is 1. The van der Waals surface area contributed by atoms with E-state index in [-0.39, 0.29) is 5.76 Å². The minimum atomic E-state index is -0.497. The molecule has 0 unspecified atom stereocenters. The smallest absolute Gasteiger partial charge is 0.291 e. The van der Waals surface area contributed by atoms with E-state index >= 15 is 0 Å². The summed E-state index contributed by atoms with van der Waals surface area (Å²) in [7, 11) is 0. The fraction of sp³-hybridized carbons (Fsp3) is 0.118. The first kappa shape index (κ1) is 14.3. The molecule has 0 spiro atoms. The number of nitrogens with one attached hydrogen (secondary N) is 1. The number of furan rings is 1. The van der Waals surface area contributed by atoms with Gasteiger partial charge in [-0.3, -0.25) is 4.79 Å². The second kappa shape index (κ2) is 5.26. The molecule has 0 fully saturated rings. The van der Waals surface area contributed by atoms with Crippen molar-refractivity contribution in [3.8, 4) is 0 Å². The van der Waals surface area contributed by atoms with Crippen molar-refractivity contribution < 1.29 is 18.0 Å². The number of fused-ring (bicyclic) bond motifs is 1. The van der Waals surface area contributed by atoms with Crippen LogP contribution in [0, 0.1) is 25.5 Å². The van der Waals surface area contributed by atoms with Gasteiger partial charge in [0.2, 0.25) is 0 Å². The lowest BCUT2D eigenvalue weighted by atomic mass is 10.1. The molecule has 0 bridgehead atoms. The van der Waals surface area contributed by atoms with E-state index < -0.39 is 17.5 Å². The van der Waals surface area contributed by atoms with Gasteiger partial charge in [-0.15, -0.1) is 0 Å². The second-order valence-corrected chi connectivity index (χ2v) is 5.11. The zero-order valence-electron chi connectivity index (χ0n) is 12.0. The first-order valence-corrected chi connectivity index (χ1v) is 6.72. The topological polar surface area (TPSA) is 42.2 Å². The van der Waals surface area contributed by atoms with E-state index in [0.29, 0.717) is 22.2 Å². The van der Waals surface area contributed by atoms with Crippen LogP contribution in [0.3, 0.4) is 0 Å². The summed E-state index contributed by atoms with van der Waals surface area (Å²) in [6, 6.07) is 8.20. The van der Waals surface area contributed by atoms with Crippen LogP contribution >= 0.6 is 0 Å². The Morgan fingerprint density at radius 3 is 2.50 bits per heavy atom. The van der Waals surface area contributed by atoms with Gasteiger partial charge in [-0.1, -0.05) is 6.07 Å². The van der Waals surface area contributed by atoms with Gasteiger partial charge in [-0.2, -0.15) is 0 Å². The van der Waals surface area contributed by atoms with Gasteiger partial charge < -0.3 is 9.73 Å². The summed E-state index contributed by atoms with van der Waals surface area (Å²) >= 11 is 0. The molecule has 3 rings (SSSR count). The molecule has 0 atom stereocenters. The van der Waals surface area contributed by atoms with Crippen LogP contribution in [0.15, 0.2) is 40.8 Å². The fourth-order valence-corrected chi connectivity index (χ4v) is 2.32. The number of hydrogen-bond acceptors (Lipinski definition) is 2. The molecule has 1 amide bonds. The average molecular weight is 301 g/mol. The molecular weight excluding hydrogens is 288 g/mol. The third kappa shape index (κ3) is 2.45. The minimum Gasteiger partial charge on any atom is -0.451 e. The number of anilines is 1. The maximum Gasteiger partial charge on any atom is 0.291 e. The highest BCUT2D eigenvalue weighted by Gasteiger charge is 2.18. The molecule has 0 saturated carbocycles. The Morgan fingerprint density at radius 2 is 1.73 bits per heavy atom. The Hall–Kier alpha value is -2.69. The van der Waals surface area contributed by atoms with E-state index in [1.807, 2.05) is 0 Å². The van der Waals surface area contributed by atoms with Crippen molar-refractivity contribution in [2.45, 2.75) is 13.8 Å². The SMILES string of the molecule is Cc1ccc(F)cc1NC(=O)c1oc2ccc(F)cc2c1C. The van der Waals surface area contributed by atoms with Crippen molar-refractivity contribution in [2.75, 3.05) is 5.32 Å². The predicted molar refractivity (Wildman–Crippen MR) is 80.0 cm³/mol. The summed E-state index contributed by atoms with van der Waals surface area (Å²) in [6.45, 7) is 3.44. The lowest BCUT2D eigenvalue weighted by Gasteiger charge is -2.07. The van der Waals surface area contributed by atoms with E-state index in [9.17, 15) is 13.6 Å². The summed E-state index contributed by atoms with van der Waals surface area (Å²) < 4.78 is 32.0. The molecule has 0 aliphatic heterocycles. The van der Waals surface area contributed by atoms with Crippen LogP contribution < -0.4 is 5.32 Å². The van der Waals surface area contributed by atoms with Crippen molar-refractivity contribution in [3.63, 3.8) is 0 Å². The van der Waals surface area contributed by atoms with Gasteiger partial charge >= 0.3 is 0 Å². The molecule has 3 aromatic rings. The number of aryl methyl sites for hydroxylation is 2. The molecule has 5 heteroatoms. The highest BCUT2D eigenvalue weighted by molar-refractivity contribution is 6.06. The highest BCUT2D eigenvalue weighted by Crippen LogP contribution is 2.27. The van der Waals surface area contributed by atoms with Crippen molar-refractivity contribution >= 4 is 22.6 Å². The van der Waals surface area contributed by atoms with E-state index in [1.54, 1.807) is 19.9 Å². The van der Waals surface area contributed by atoms with Crippen LogP contribution in [0.2, 0.25) is 0 Å². The van der Waals surface area contributed by atoms with Crippen molar-refractivity contribution in [2.24, 2.45) is 0 Å². The van der Waals surface area contributed by atoms with Crippen LogP contribution in [0.25, 0.3) is 11.0 Å². The maximum absolute atomic E-state index is 13.3. The molecule has 1 heterocycles. The Kier molecular flexibility index (Phi) is 3.41. The summed E-state index contributed by atoms with van der Waals surface area (Å²) in [5.41, 5.74) is 2.08. The van der Waals surface area contributed by atoms with Gasteiger partial charge in [-0.25, -0.2) is 8.78 Å². The number of carbonyl (C=O) groups is 1. The van der Waals surface area contributed by atoms with Crippen molar-refractivity contribution in [3.05, 3.63) is 64.9 Å². The number of benzene rings is 2. The van der Waals surface area contributed by atoms with Gasteiger partial charge in [0.1, 0.15) is 17.2 Å². The first-order chi connectivity index (χ1) is 10.5. The number of carbonyl (C=O) groups excluding carboxylic acids is 1. The molecular formula is C17H13F2NO2. The number of halogens is 2. The summed E-state index contributed by atoms with van der Waals surface area (Å²) in [5, 5.41) is 3.16. The standard InChI is InChI=1S/C17H13F2NO2/c1-9-3-4-12(19)8-14(9)20-17(21)16-10(2)13-7-11(18)5-6-15(13)22-16/h3-8H,1-2H3,(H,20,21).